The number of allylic oxidation sites excluding steroid dienone is 4. The van der Waals surface area contributed by atoms with E-state index in [-0.39, 0.29) is 0 Å². The van der Waals surface area contributed by atoms with Gasteiger partial charge in [0.2, 0.25) is 0 Å². The number of hydrogen-bond donors (Lipinski definition) is 0. The average Bonchev–Trinajstić information content (AvgIpc) is 3.89. The van der Waals surface area contributed by atoms with Crippen molar-refractivity contribution in [1.29, 1.82) is 0 Å². The lowest BCUT2D eigenvalue weighted by molar-refractivity contribution is -0.0748. The Balaban J connectivity index is 0.782. The van der Waals surface area contributed by atoms with Crippen LogP contribution in [0.25, 0.3) is 70.3 Å². The van der Waals surface area contributed by atoms with Gasteiger partial charge < -0.3 is 4.90 Å². The van der Waals surface area contributed by atoms with Gasteiger partial charge >= 0.3 is 0 Å². The minimum absolute atomic E-state index is 0.339. The first kappa shape index (κ1) is 38.5. The Bertz CT molecular complexity index is 3360. The highest BCUT2D eigenvalue weighted by Crippen LogP contribution is 2.71. The van der Waals surface area contributed by atoms with Crippen molar-refractivity contribution in [2.75, 3.05) is 4.90 Å². The lowest BCUT2D eigenvalue weighted by atomic mass is 9.41. The molecule has 0 aliphatic heterocycles. The molecule has 0 amide bonds. The molecule has 1 unspecified atom stereocenters. The number of anilines is 3. The van der Waals surface area contributed by atoms with Gasteiger partial charge in [0.25, 0.3) is 0 Å². The Kier molecular flexibility index (Phi) is 8.85. The van der Waals surface area contributed by atoms with E-state index in [4.69, 9.17) is 0 Å². The van der Waals surface area contributed by atoms with Gasteiger partial charge in [-0.15, -0.1) is 11.3 Å². The van der Waals surface area contributed by atoms with Crippen LogP contribution in [0.1, 0.15) is 49.7 Å². The third-order valence-electron chi connectivity index (χ3n) is 16.8. The predicted octanol–water partition coefficient (Wildman–Crippen LogP) is 17.9. The molecule has 0 saturated heterocycles. The van der Waals surface area contributed by atoms with E-state index in [0.717, 1.165) is 40.7 Å². The normalized spacial score (nSPS) is 23.3. The van der Waals surface area contributed by atoms with Crippen LogP contribution in [0.2, 0.25) is 0 Å². The lowest BCUT2D eigenvalue weighted by Crippen LogP contribution is -2.57. The molecular formula is C64H51NS. The maximum atomic E-state index is 2.60. The van der Waals surface area contributed by atoms with E-state index in [1.165, 1.54) is 103 Å². The maximum Gasteiger partial charge on any atom is 0.0476 e. The first-order valence-corrected chi connectivity index (χ1v) is 25.2. The second-order valence-corrected chi connectivity index (χ2v) is 21.1. The molecule has 0 N–H and O–H groups in total. The van der Waals surface area contributed by atoms with E-state index >= 15 is 0 Å². The molecule has 1 heterocycles. The molecule has 4 bridgehead atoms. The Morgan fingerprint density at radius 1 is 0.424 bits per heavy atom. The Labute approximate surface area is 392 Å². The second kappa shape index (κ2) is 15.2. The quantitative estimate of drug-likeness (QED) is 0.154. The molecule has 4 fully saturated rings. The molecule has 4 saturated carbocycles. The molecule has 1 atom stereocenters. The van der Waals surface area contributed by atoms with E-state index in [1.54, 1.807) is 16.7 Å². The van der Waals surface area contributed by atoms with E-state index < -0.39 is 0 Å². The molecule has 1 nitrogen and oxygen atoms in total. The predicted molar refractivity (Wildman–Crippen MR) is 280 cm³/mol. The summed E-state index contributed by atoms with van der Waals surface area (Å²) in [5.41, 5.74) is 18.7. The molecule has 6 aliphatic rings. The van der Waals surface area contributed by atoms with Crippen LogP contribution in [0.5, 0.6) is 0 Å². The molecule has 66 heavy (non-hydrogen) atoms. The Morgan fingerprint density at radius 2 is 0.970 bits per heavy atom. The van der Waals surface area contributed by atoms with E-state index in [1.807, 2.05) is 11.3 Å². The fraction of sp³-hybridized carbons (Fsp3) is 0.188. The summed E-state index contributed by atoms with van der Waals surface area (Å²) in [4.78, 5) is 2.39. The van der Waals surface area contributed by atoms with Crippen LogP contribution in [0, 0.1) is 29.6 Å². The Hall–Kier alpha value is -6.74. The molecule has 1 aromatic heterocycles. The van der Waals surface area contributed by atoms with Crippen LogP contribution >= 0.6 is 11.3 Å². The summed E-state index contributed by atoms with van der Waals surface area (Å²) in [6.45, 7) is 0. The van der Waals surface area contributed by atoms with Gasteiger partial charge in [-0.25, -0.2) is 0 Å². The second-order valence-electron chi connectivity index (χ2n) is 20.0. The van der Waals surface area contributed by atoms with Crippen LogP contribution in [0.3, 0.4) is 0 Å². The first-order valence-electron chi connectivity index (χ1n) is 24.3. The van der Waals surface area contributed by atoms with Crippen molar-refractivity contribution in [2.24, 2.45) is 29.6 Å². The standard InChI is InChI=1S/C64H51NS/c1-2-10-43(11-3-1)45-22-27-51(28-23-45)65(53-31-32-58-57-15-7-9-17-62(57)66-63(58)40-53)52-29-24-46(25-30-52)44-18-20-47(21-19-44)54-12-4-5-13-55(54)48-26-33-61-59(39-48)56-14-6-8-16-60(56)64(61)49-35-41-34-42(37-49)38-50(64)36-41/h1-15,17-33,39-42,49-50,60H,16,34-38H2. The largest absolute Gasteiger partial charge is 0.310 e. The maximum absolute atomic E-state index is 2.60. The van der Waals surface area contributed by atoms with Crippen molar-refractivity contribution in [1.82, 2.24) is 0 Å². The molecule has 2 heteroatoms. The summed E-state index contributed by atoms with van der Waals surface area (Å²) >= 11 is 1.87. The number of hydrogen-bond acceptors (Lipinski definition) is 2. The summed E-state index contributed by atoms with van der Waals surface area (Å²) in [5, 5.41) is 2.63. The first-order chi connectivity index (χ1) is 32.7. The summed E-state index contributed by atoms with van der Waals surface area (Å²) in [7, 11) is 0. The van der Waals surface area contributed by atoms with Crippen LogP contribution in [-0.2, 0) is 5.41 Å². The third kappa shape index (κ3) is 5.97. The van der Waals surface area contributed by atoms with E-state index in [2.05, 4.69) is 211 Å². The highest BCUT2D eigenvalue weighted by molar-refractivity contribution is 7.25. The third-order valence-corrected chi connectivity index (χ3v) is 17.9. The highest BCUT2D eigenvalue weighted by atomic mass is 32.1. The van der Waals surface area contributed by atoms with Gasteiger partial charge in [-0.2, -0.15) is 0 Å². The zero-order chi connectivity index (χ0) is 43.3. The summed E-state index contributed by atoms with van der Waals surface area (Å²) in [6, 6.07) is 70.4. The number of nitrogens with zero attached hydrogens (tertiary/aromatic N) is 1. The number of thiophene rings is 1. The molecule has 9 aromatic rings. The van der Waals surface area contributed by atoms with Crippen molar-refractivity contribution < 1.29 is 0 Å². The summed E-state index contributed by atoms with van der Waals surface area (Å²) < 4.78 is 2.62. The zero-order valence-electron chi connectivity index (χ0n) is 37.1. The monoisotopic (exact) mass is 865 g/mol. The Morgan fingerprint density at radius 3 is 1.67 bits per heavy atom. The molecule has 318 valence electrons. The van der Waals surface area contributed by atoms with Crippen molar-refractivity contribution >= 4 is 54.1 Å². The molecule has 8 aromatic carbocycles. The van der Waals surface area contributed by atoms with Gasteiger partial charge in [-0.3, -0.25) is 0 Å². The fourth-order valence-electron chi connectivity index (χ4n) is 14.2. The fourth-order valence-corrected chi connectivity index (χ4v) is 15.4. The molecule has 6 aliphatic carbocycles. The van der Waals surface area contributed by atoms with Crippen LogP contribution < -0.4 is 4.90 Å². The van der Waals surface area contributed by atoms with Gasteiger partial charge in [-0.1, -0.05) is 158 Å². The van der Waals surface area contributed by atoms with Crippen molar-refractivity contribution in [3.63, 3.8) is 0 Å². The lowest BCUT2D eigenvalue weighted by Gasteiger charge is -2.62. The number of fused-ring (bicyclic) bond motifs is 6. The topological polar surface area (TPSA) is 3.24 Å². The van der Waals surface area contributed by atoms with Gasteiger partial charge in [0.05, 0.1) is 0 Å². The van der Waals surface area contributed by atoms with Gasteiger partial charge in [0.15, 0.2) is 0 Å². The van der Waals surface area contributed by atoms with Crippen LogP contribution in [0.4, 0.5) is 17.1 Å². The SMILES string of the molecule is C1=CCC2C(=C1)c1cc(-c3ccccc3-c3ccc(-c4ccc(N(c5ccc(-c6ccccc6)cc5)c5ccc6c(c5)sc5ccccc56)cc4)cc3)ccc1C21C2CC3CC(C2)CC1C3. The van der Waals surface area contributed by atoms with E-state index in [9.17, 15) is 0 Å². The molecule has 15 rings (SSSR count). The zero-order valence-corrected chi connectivity index (χ0v) is 37.9. The summed E-state index contributed by atoms with van der Waals surface area (Å²) in [5.74, 6) is 4.30. The van der Waals surface area contributed by atoms with Crippen molar-refractivity contribution in [3.8, 4) is 44.5 Å². The number of rotatable bonds is 7. The highest BCUT2D eigenvalue weighted by Gasteiger charge is 2.64. The minimum Gasteiger partial charge on any atom is -0.310 e. The molecular weight excluding hydrogens is 815 g/mol. The molecule has 0 radical (unpaired) electrons. The molecule has 1 spiro atoms. The van der Waals surface area contributed by atoms with Crippen LogP contribution in [0.15, 0.2) is 206 Å². The van der Waals surface area contributed by atoms with Crippen molar-refractivity contribution in [2.45, 2.75) is 43.9 Å². The minimum atomic E-state index is 0.339. The smallest absolute Gasteiger partial charge is 0.0476 e. The van der Waals surface area contributed by atoms with Crippen LogP contribution in [-0.4, -0.2) is 0 Å². The number of benzene rings is 8. The van der Waals surface area contributed by atoms with Gasteiger partial charge in [-0.05, 0) is 178 Å². The van der Waals surface area contributed by atoms with Gasteiger partial charge in [0.1, 0.15) is 0 Å². The average molecular weight is 866 g/mol. The van der Waals surface area contributed by atoms with E-state index in [0.29, 0.717) is 11.3 Å². The van der Waals surface area contributed by atoms with Gasteiger partial charge in [0, 0.05) is 42.6 Å². The summed E-state index contributed by atoms with van der Waals surface area (Å²) in [6.07, 6.45) is 15.8. The van der Waals surface area contributed by atoms with Crippen molar-refractivity contribution in [3.05, 3.63) is 217 Å².